The lowest BCUT2D eigenvalue weighted by atomic mass is 9.99. The van der Waals surface area contributed by atoms with E-state index in [0.29, 0.717) is 18.5 Å². The number of rotatable bonds is 3. The summed E-state index contributed by atoms with van der Waals surface area (Å²) in [7, 11) is 0. The molecule has 1 aliphatic rings. The van der Waals surface area contributed by atoms with Crippen molar-refractivity contribution in [3.05, 3.63) is 35.6 Å². The second-order valence-corrected chi connectivity index (χ2v) is 5.03. The van der Waals surface area contributed by atoms with Crippen molar-refractivity contribution in [1.29, 1.82) is 0 Å². The van der Waals surface area contributed by atoms with Gasteiger partial charge in [0.25, 0.3) is 0 Å². The van der Waals surface area contributed by atoms with Crippen LogP contribution in [0.1, 0.15) is 18.9 Å². The lowest BCUT2D eigenvalue weighted by molar-refractivity contribution is -0.133. The first-order chi connectivity index (χ1) is 8.58. The molecular weight excluding hydrogens is 231 g/mol. The van der Waals surface area contributed by atoms with Gasteiger partial charge in [-0.25, -0.2) is 4.39 Å². The normalized spacial score (nSPS) is 21.1. The van der Waals surface area contributed by atoms with Crippen LogP contribution >= 0.6 is 0 Å². The third-order valence-corrected chi connectivity index (χ3v) is 3.44. The van der Waals surface area contributed by atoms with E-state index in [2.05, 4.69) is 0 Å². The number of hydrogen-bond donors (Lipinski definition) is 1. The SMILES string of the molecule is CC(Cc1ccccc1F)C(=O)N1CC[C@@H](N)C1. The Labute approximate surface area is 107 Å². The largest absolute Gasteiger partial charge is 0.341 e. The molecule has 2 rings (SSSR count). The van der Waals surface area contributed by atoms with Crippen LogP contribution in [-0.4, -0.2) is 29.9 Å². The lowest BCUT2D eigenvalue weighted by Gasteiger charge is -2.20. The van der Waals surface area contributed by atoms with Gasteiger partial charge in [0.2, 0.25) is 5.91 Å². The van der Waals surface area contributed by atoms with Crippen molar-refractivity contribution in [3.8, 4) is 0 Å². The monoisotopic (exact) mass is 250 g/mol. The summed E-state index contributed by atoms with van der Waals surface area (Å²) in [6.45, 7) is 3.20. The van der Waals surface area contributed by atoms with Crippen LogP contribution in [-0.2, 0) is 11.2 Å². The van der Waals surface area contributed by atoms with Crippen molar-refractivity contribution in [2.24, 2.45) is 11.7 Å². The van der Waals surface area contributed by atoms with Crippen LogP contribution in [0.5, 0.6) is 0 Å². The molecule has 2 atom stereocenters. The Kier molecular flexibility index (Phi) is 3.97. The Morgan fingerprint density at radius 1 is 1.56 bits per heavy atom. The summed E-state index contributed by atoms with van der Waals surface area (Å²) in [6.07, 6.45) is 1.30. The zero-order valence-electron chi connectivity index (χ0n) is 10.6. The fraction of sp³-hybridized carbons (Fsp3) is 0.500. The fourth-order valence-electron chi connectivity index (χ4n) is 2.38. The first-order valence-electron chi connectivity index (χ1n) is 6.35. The topological polar surface area (TPSA) is 46.3 Å². The molecule has 1 saturated heterocycles. The highest BCUT2D eigenvalue weighted by Gasteiger charge is 2.27. The molecule has 1 unspecified atom stereocenters. The molecule has 0 aromatic heterocycles. The first kappa shape index (κ1) is 13.0. The molecule has 0 aliphatic carbocycles. The van der Waals surface area contributed by atoms with Gasteiger partial charge in [0.05, 0.1) is 0 Å². The molecular formula is C14H19FN2O. The molecule has 0 spiro atoms. The maximum atomic E-state index is 13.5. The number of likely N-dealkylation sites (tertiary alicyclic amines) is 1. The van der Waals surface area contributed by atoms with Gasteiger partial charge in [-0.05, 0) is 24.5 Å². The minimum Gasteiger partial charge on any atom is -0.341 e. The lowest BCUT2D eigenvalue weighted by Crippen LogP contribution is -2.36. The summed E-state index contributed by atoms with van der Waals surface area (Å²) in [5, 5.41) is 0. The van der Waals surface area contributed by atoms with Crippen LogP contribution in [0.3, 0.4) is 0 Å². The number of benzene rings is 1. The number of carbonyl (C=O) groups excluding carboxylic acids is 1. The molecule has 1 aliphatic heterocycles. The Morgan fingerprint density at radius 3 is 2.89 bits per heavy atom. The molecule has 2 N–H and O–H groups in total. The van der Waals surface area contributed by atoms with Gasteiger partial charge in [-0.1, -0.05) is 25.1 Å². The predicted octanol–water partition coefficient (Wildman–Crippen LogP) is 1.56. The standard InChI is InChI=1S/C14H19FN2O/c1-10(8-11-4-2-3-5-13(11)15)14(18)17-7-6-12(16)9-17/h2-5,10,12H,6-9,16H2,1H3/t10?,12-/m1/s1. The highest BCUT2D eigenvalue weighted by Crippen LogP contribution is 2.17. The summed E-state index contributed by atoms with van der Waals surface area (Å²) >= 11 is 0. The highest BCUT2D eigenvalue weighted by molar-refractivity contribution is 5.79. The quantitative estimate of drug-likeness (QED) is 0.885. The zero-order chi connectivity index (χ0) is 13.1. The maximum Gasteiger partial charge on any atom is 0.225 e. The molecule has 1 fully saturated rings. The van der Waals surface area contributed by atoms with Crippen molar-refractivity contribution in [1.82, 2.24) is 4.90 Å². The fourth-order valence-corrected chi connectivity index (χ4v) is 2.38. The van der Waals surface area contributed by atoms with Crippen molar-refractivity contribution >= 4 is 5.91 Å². The van der Waals surface area contributed by atoms with Crippen LogP contribution in [0.25, 0.3) is 0 Å². The van der Waals surface area contributed by atoms with E-state index in [1.807, 2.05) is 6.92 Å². The van der Waals surface area contributed by atoms with Crippen molar-refractivity contribution in [3.63, 3.8) is 0 Å². The van der Waals surface area contributed by atoms with E-state index in [1.165, 1.54) is 6.07 Å². The van der Waals surface area contributed by atoms with E-state index in [-0.39, 0.29) is 23.7 Å². The van der Waals surface area contributed by atoms with Gasteiger partial charge in [-0.15, -0.1) is 0 Å². The summed E-state index contributed by atoms with van der Waals surface area (Å²) in [5.74, 6) is -0.367. The average Bonchev–Trinajstić information content (AvgIpc) is 2.78. The minimum absolute atomic E-state index is 0.0752. The molecule has 0 saturated carbocycles. The summed E-state index contributed by atoms with van der Waals surface area (Å²) < 4.78 is 13.5. The van der Waals surface area contributed by atoms with Gasteiger partial charge >= 0.3 is 0 Å². The molecule has 18 heavy (non-hydrogen) atoms. The van der Waals surface area contributed by atoms with Crippen LogP contribution in [0, 0.1) is 11.7 Å². The Bertz CT molecular complexity index is 436. The van der Waals surface area contributed by atoms with E-state index in [4.69, 9.17) is 5.73 Å². The maximum absolute atomic E-state index is 13.5. The van der Waals surface area contributed by atoms with Crippen LogP contribution in [0.4, 0.5) is 4.39 Å². The molecule has 98 valence electrons. The molecule has 0 radical (unpaired) electrons. The van der Waals surface area contributed by atoms with Gasteiger partial charge in [-0.2, -0.15) is 0 Å². The molecule has 0 bridgehead atoms. The van der Waals surface area contributed by atoms with Crippen LogP contribution in [0.2, 0.25) is 0 Å². The summed E-state index contributed by atoms with van der Waals surface area (Å²) in [4.78, 5) is 13.9. The van der Waals surface area contributed by atoms with Gasteiger partial charge in [0.15, 0.2) is 0 Å². The smallest absolute Gasteiger partial charge is 0.225 e. The van der Waals surface area contributed by atoms with Gasteiger partial charge in [-0.3, -0.25) is 4.79 Å². The molecule has 4 heteroatoms. The van der Waals surface area contributed by atoms with Crippen molar-refractivity contribution in [2.75, 3.05) is 13.1 Å². The van der Waals surface area contributed by atoms with E-state index >= 15 is 0 Å². The number of nitrogens with zero attached hydrogens (tertiary/aromatic N) is 1. The van der Waals surface area contributed by atoms with E-state index < -0.39 is 0 Å². The van der Waals surface area contributed by atoms with Gasteiger partial charge in [0.1, 0.15) is 5.82 Å². The van der Waals surface area contributed by atoms with Gasteiger partial charge in [0, 0.05) is 25.0 Å². The molecule has 1 aromatic rings. The molecule has 3 nitrogen and oxygen atoms in total. The van der Waals surface area contributed by atoms with E-state index in [9.17, 15) is 9.18 Å². The van der Waals surface area contributed by atoms with Crippen LogP contribution in [0.15, 0.2) is 24.3 Å². The average molecular weight is 250 g/mol. The summed E-state index contributed by atoms with van der Waals surface area (Å²) in [6, 6.07) is 6.70. The second-order valence-electron chi connectivity index (χ2n) is 5.03. The number of halogens is 1. The van der Waals surface area contributed by atoms with Gasteiger partial charge < -0.3 is 10.6 Å². The minimum atomic E-state index is -0.240. The Hall–Kier alpha value is -1.42. The summed E-state index contributed by atoms with van der Waals surface area (Å²) in [5.41, 5.74) is 6.38. The van der Waals surface area contributed by atoms with E-state index in [1.54, 1.807) is 23.1 Å². The molecule has 1 heterocycles. The molecule has 1 aromatic carbocycles. The zero-order valence-corrected chi connectivity index (χ0v) is 10.6. The van der Waals surface area contributed by atoms with Crippen molar-refractivity contribution in [2.45, 2.75) is 25.8 Å². The third kappa shape index (κ3) is 2.88. The predicted molar refractivity (Wildman–Crippen MR) is 68.4 cm³/mol. The molecule has 1 amide bonds. The van der Waals surface area contributed by atoms with E-state index in [0.717, 1.165) is 13.0 Å². The Balaban J connectivity index is 1.98. The van der Waals surface area contributed by atoms with Crippen LogP contribution < -0.4 is 5.73 Å². The number of amides is 1. The number of nitrogens with two attached hydrogens (primary N) is 1. The number of carbonyl (C=O) groups is 1. The van der Waals surface area contributed by atoms with Crippen molar-refractivity contribution < 1.29 is 9.18 Å². The second kappa shape index (κ2) is 5.48. The Morgan fingerprint density at radius 2 is 2.28 bits per heavy atom. The highest BCUT2D eigenvalue weighted by atomic mass is 19.1. The first-order valence-corrected chi connectivity index (χ1v) is 6.35. The number of hydrogen-bond acceptors (Lipinski definition) is 2. The third-order valence-electron chi connectivity index (χ3n) is 3.44.